The van der Waals surface area contributed by atoms with Gasteiger partial charge in [-0.1, -0.05) is 92.7 Å². The zero-order valence-corrected chi connectivity index (χ0v) is 27.9. The third-order valence-corrected chi connectivity index (χ3v) is 8.89. The quantitative estimate of drug-likeness (QED) is 0.0701. The van der Waals surface area contributed by atoms with Gasteiger partial charge in [-0.15, -0.1) is 0 Å². The lowest BCUT2D eigenvalue weighted by atomic mass is 9.71. The maximum atomic E-state index is 12.9. The molecule has 0 fully saturated rings. The Morgan fingerprint density at radius 2 is 0.979 bits per heavy atom. The van der Waals surface area contributed by atoms with Gasteiger partial charge in [-0.25, -0.2) is 4.79 Å². The van der Waals surface area contributed by atoms with E-state index in [1.165, 1.54) is 6.92 Å². The minimum absolute atomic E-state index is 0.349. The molecule has 1 unspecified atom stereocenters. The Balaban J connectivity index is 1.31. The summed E-state index contributed by atoms with van der Waals surface area (Å²) in [6, 6.07) is 37.5. The van der Waals surface area contributed by atoms with Crippen molar-refractivity contribution < 1.29 is 28.5 Å². The fourth-order valence-corrected chi connectivity index (χ4v) is 5.89. The number of hydrogen-bond acceptors (Lipinski definition) is 6. The number of methoxy groups -OCH3 is 1. The molecule has 0 aliphatic heterocycles. The van der Waals surface area contributed by atoms with Crippen molar-refractivity contribution in [3.05, 3.63) is 154 Å². The molecule has 0 aliphatic rings. The minimum atomic E-state index is -0.814. The lowest BCUT2D eigenvalue weighted by molar-refractivity contribution is -0.131. The molecule has 0 saturated carbocycles. The van der Waals surface area contributed by atoms with Crippen molar-refractivity contribution in [1.82, 2.24) is 0 Å². The van der Waals surface area contributed by atoms with Crippen molar-refractivity contribution in [3.8, 4) is 23.0 Å². The molecule has 0 spiro atoms. The van der Waals surface area contributed by atoms with E-state index in [1.807, 2.05) is 86.6 Å². The molecule has 0 saturated heterocycles. The van der Waals surface area contributed by atoms with E-state index in [-0.39, 0.29) is 11.4 Å². The molecule has 5 aromatic carbocycles. The van der Waals surface area contributed by atoms with E-state index in [4.69, 9.17) is 18.9 Å². The maximum absolute atomic E-state index is 12.9. The van der Waals surface area contributed by atoms with Crippen molar-refractivity contribution in [2.45, 2.75) is 52.4 Å². The van der Waals surface area contributed by atoms with Gasteiger partial charge in [0.1, 0.15) is 23.0 Å². The summed E-state index contributed by atoms with van der Waals surface area (Å²) >= 11 is 0. The Morgan fingerprint density at radius 3 is 1.45 bits per heavy atom. The van der Waals surface area contributed by atoms with Crippen LogP contribution < -0.4 is 18.9 Å². The third-order valence-electron chi connectivity index (χ3n) is 8.89. The number of carbonyl (C=O) groups is 2. The van der Waals surface area contributed by atoms with Crippen LogP contribution in [-0.4, -0.2) is 19.2 Å². The molecule has 0 aliphatic carbocycles. The SMILES string of the molecule is COc1ccc(C(C)(c2ccccc2)c2ccc(OC(=O)Oc3ccc(C(C)(C)c4ccc(OC(C)=O)c(C)c4)cc3C)cc2)cc1. The van der Waals surface area contributed by atoms with Gasteiger partial charge in [0.05, 0.1) is 7.11 Å². The lowest BCUT2D eigenvalue weighted by Gasteiger charge is -2.32. The van der Waals surface area contributed by atoms with E-state index >= 15 is 0 Å². The average molecular weight is 629 g/mol. The van der Waals surface area contributed by atoms with E-state index < -0.39 is 11.6 Å². The van der Waals surface area contributed by atoms with Crippen molar-refractivity contribution >= 4 is 12.1 Å². The van der Waals surface area contributed by atoms with Gasteiger partial charge in [-0.05, 0) is 96.1 Å². The molecule has 240 valence electrons. The first-order chi connectivity index (χ1) is 22.4. The number of esters is 1. The molecule has 5 rings (SSSR count). The second kappa shape index (κ2) is 13.6. The van der Waals surface area contributed by atoms with Crippen LogP contribution in [0.5, 0.6) is 23.0 Å². The minimum Gasteiger partial charge on any atom is -0.497 e. The molecule has 6 nitrogen and oxygen atoms in total. The number of carbonyl (C=O) groups excluding carboxylic acids is 2. The first-order valence-corrected chi connectivity index (χ1v) is 15.5. The summed E-state index contributed by atoms with van der Waals surface area (Å²) in [6.45, 7) is 11.6. The fourth-order valence-electron chi connectivity index (χ4n) is 5.89. The Kier molecular flexibility index (Phi) is 9.52. The number of rotatable bonds is 9. The summed E-state index contributed by atoms with van der Waals surface area (Å²) in [5, 5.41) is 0. The number of aryl methyl sites for hydroxylation is 2. The topological polar surface area (TPSA) is 71.1 Å². The fraction of sp³-hybridized carbons (Fsp3) is 0.220. The molecule has 0 amide bonds. The highest BCUT2D eigenvalue weighted by Crippen LogP contribution is 2.40. The van der Waals surface area contributed by atoms with Crippen LogP contribution in [0.2, 0.25) is 0 Å². The van der Waals surface area contributed by atoms with Crippen LogP contribution in [0.25, 0.3) is 0 Å². The molecule has 6 heteroatoms. The van der Waals surface area contributed by atoms with Gasteiger partial charge in [0.15, 0.2) is 0 Å². The average Bonchev–Trinajstić information content (AvgIpc) is 3.06. The van der Waals surface area contributed by atoms with Crippen LogP contribution in [0.4, 0.5) is 4.79 Å². The van der Waals surface area contributed by atoms with Crippen LogP contribution >= 0.6 is 0 Å². The summed E-state index contributed by atoms with van der Waals surface area (Å²) in [5.74, 6) is 1.79. The van der Waals surface area contributed by atoms with E-state index in [0.717, 1.165) is 44.7 Å². The largest absolute Gasteiger partial charge is 0.519 e. The van der Waals surface area contributed by atoms with Gasteiger partial charge in [-0.3, -0.25) is 4.79 Å². The highest BCUT2D eigenvalue weighted by Gasteiger charge is 2.31. The van der Waals surface area contributed by atoms with E-state index in [1.54, 1.807) is 25.3 Å². The summed E-state index contributed by atoms with van der Waals surface area (Å²) < 4.78 is 21.9. The first-order valence-electron chi connectivity index (χ1n) is 15.5. The molecular formula is C41H40O6. The van der Waals surface area contributed by atoms with Gasteiger partial charge in [0.25, 0.3) is 0 Å². The van der Waals surface area contributed by atoms with E-state index in [2.05, 4.69) is 45.0 Å². The van der Waals surface area contributed by atoms with Crippen LogP contribution in [0.15, 0.2) is 115 Å². The van der Waals surface area contributed by atoms with Crippen molar-refractivity contribution in [3.63, 3.8) is 0 Å². The normalized spacial score (nSPS) is 12.5. The monoisotopic (exact) mass is 628 g/mol. The number of hydrogen-bond donors (Lipinski definition) is 0. The van der Waals surface area contributed by atoms with E-state index in [0.29, 0.717) is 17.2 Å². The smallest absolute Gasteiger partial charge is 0.497 e. The molecule has 0 N–H and O–H groups in total. The molecule has 0 heterocycles. The van der Waals surface area contributed by atoms with Gasteiger partial charge in [0.2, 0.25) is 0 Å². The molecular weight excluding hydrogens is 588 g/mol. The van der Waals surface area contributed by atoms with Gasteiger partial charge in [-0.2, -0.15) is 0 Å². The zero-order chi connectivity index (χ0) is 33.8. The Bertz CT molecular complexity index is 1870. The Hall–Kier alpha value is -5.36. The molecule has 5 aromatic rings. The van der Waals surface area contributed by atoms with Crippen LogP contribution in [0.3, 0.4) is 0 Å². The second-order valence-corrected chi connectivity index (χ2v) is 12.4. The second-order valence-electron chi connectivity index (χ2n) is 12.4. The molecule has 47 heavy (non-hydrogen) atoms. The summed E-state index contributed by atoms with van der Waals surface area (Å²) in [7, 11) is 1.66. The molecule has 1 atom stereocenters. The van der Waals surface area contributed by atoms with Crippen molar-refractivity contribution in [2.75, 3.05) is 7.11 Å². The standard InChI is InChI=1S/C41H40O6/c1-27-25-33(17-23-37(27)45-29(3)42)40(4,5)34-18-24-38(28(2)26-34)47-39(43)46-36-21-15-32(16-22-36)41(6,30-11-9-8-10-12-30)31-13-19-35(44-7)20-14-31/h8-26H,1-7H3. The number of benzene rings is 5. The molecule has 0 bridgehead atoms. The lowest BCUT2D eigenvalue weighted by Crippen LogP contribution is -2.25. The highest BCUT2D eigenvalue weighted by molar-refractivity contribution is 5.70. The maximum Gasteiger partial charge on any atom is 0.519 e. The predicted octanol–water partition coefficient (Wildman–Crippen LogP) is 9.50. The Labute approximate surface area is 276 Å². The van der Waals surface area contributed by atoms with Crippen LogP contribution in [-0.2, 0) is 15.6 Å². The van der Waals surface area contributed by atoms with Crippen LogP contribution in [0, 0.1) is 13.8 Å². The van der Waals surface area contributed by atoms with Crippen molar-refractivity contribution in [2.24, 2.45) is 0 Å². The highest BCUT2D eigenvalue weighted by atomic mass is 16.7. The molecule has 0 radical (unpaired) electrons. The summed E-state index contributed by atoms with van der Waals surface area (Å²) in [4.78, 5) is 24.3. The zero-order valence-electron chi connectivity index (χ0n) is 27.9. The van der Waals surface area contributed by atoms with Gasteiger partial charge < -0.3 is 18.9 Å². The molecule has 0 aromatic heterocycles. The first kappa shape index (κ1) is 33.0. The van der Waals surface area contributed by atoms with Crippen molar-refractivity contribution in [1.29, 1.82) is 0 Å². The van der Waals surface area contributed by atoms with E-state index in [9.17, 15) is 9.59 Å². The third kappa shape index (κ3) is 7.07. The Morgan fingerprint density at radius 1 is 0.532 bits per heavy atom. The van der Waals surface area contributed by atoms with Crippen LogP contribution in [0.1, 0.15) is 66.6 Å². The summed E-state index contributed by atoms with van der Waals surface area (Å²) in [6.07, 6.45) is -0.814. The number of ether oxygens (including phenoxy) is 4. The van der Waals surface area contributed by atoms with Gasteiger partial charge in [0, 0.05) is 17.8 Å². The predicted molar refractivity (Wildman–Crippen MR) is 184 cm³/mol. The van der Waals surface area contributed by atoms with Gasteiger partial charge >= 0.3 is 12.1 Å². The summed E-state index contributed by atoms with van der Waals surface area (Å²) in [5.41, 5.74) is 6.26.